The molecule has 0 radical (unpaired) electrons. The number of halogens is 1. The fourth-order valence-electron chi connectivity index (χ4n) is 2.54. The largest absolute Gasteiger partial charge is 0.482 e. The number of nitrogens with one attached hydrogen (secondary N) is 1. The van der Waals surface area contributed by atoms with Gasteiger partial charge in [-0.15, -0.1) is 0 Å². The van der Waals surface area contributed by atoms with Crippen molar-refractivity contribution in [2.75, 3.05) is 23.4 Å². The predicted octanol–water partition coefficient (Wildman–Crippen LogP) is 2.83. The van der Waals surface area contributed by atoms with Crippen LogP contribution >= 0.6 is 11.6 Å². The summed E-state index contributed by atoms with van der Waals surface area (Å²) in [6.45, 7) is 1.45. The molecular weight excluding hydrogens is 344 g/mol. The van der Waals surface area contributed by atoms with Crippen LogP contribution in [-0.2, 0) is 9.59 Å². The van der Waals surface area contributed by atoms with E-state index in [1.54, 1.807) is 37.3 Å². The van der Waals surface area contributed by atoms with E-state index >= 15 is 0 Å². The Labute approximate surface area is 149 Å². The molecule has 0 fully saturated rings. The molecule has 0 spiro atoms. The van der Waals surface area contributed by atoms with Gasteiger partial charge in [0.15, 0.2) is 6.61 Å². The molecule has 25 heavy (non-hydrogen) atoms. The number of benzene rings is 2. The number of ether oxygens (including phenoxy) is 1. The quantitative estimate of drug-likeness (QED) is 0.853. The van der Waals surface area contributed by atoms with Gasteiger partial charge in [0.25, 0.3) is 5.91 Å². The molecule has 2 amide bonds. The van der Waals surface area contributed by atoms with Crippen LogP contribution in [0.4, 0.5) is 11.4 Å². The van der Waals surface area contributed by atoms with Crippen LogP contribution in [0.2, 0.25) is 5.02 Å². The Bertz CT molecular complexity index is 866. The highest BCUT2D eigenvalue weighted by Crippen LogP contribution is 2.32. The molecule has 3 rings (SSSR count). The zero-order valence-electron chi connectivity index (χ0n) is 13.4. The summed E-state index contributed by atoms with van der Waals surface area (Å²) in [4.78, 5) is 36.9. The van der Waals surface area contributed by atoms with Gasteiger partial charge >= 0.3 is 0 Å². The smallest absolute Gasteiger partial charge is 0.265 e. The maximum Gasteiger partial charge on any atom is 0.265 e. The number of rotatable bonds is 4. The maximum absolute atomic E-state index is 12.4. The maximum atomic E-state index is 12.4. The van der Waals surface area contributed by atoms with Crippen molar-refractivity contribution in [3.63, 3.8) is 0 Å². The lowest BCUT2D eigenvalue weighted by Gasteiger charge is -2.29. The first-order valence-electron chi connectivity index (χ1n) is 7.57. The fraction of sp³-hybridized carbons (Fsp3) is 0.167. The van der Waals surface area contributed by atoms with Gasteiger partial charge in [0.2, 0.25) is 5.91 Å². The second-order valence-electron chi connectivity index (χ2n) is 5.57. The molecule has 128 valence electrons. The first kappa shape index (κ1) is 17.0. The lowest BCUT2D eigenvalue weighted by atomic mass is 10.1. The monoisotopic (exact) mass is 358 g/mol. The zero-order chi connectivity index (χ0) is 18.0. The van der Waals surface area contributed by atoms with Crippen LogP contribution in [0.5, 0.6) is 5.75 Å². The third-order valence-corrected chi connectivity index (χ3v) is 4.32. The molecule has 7 heteroatoms. The highest BCUT2D eigenvalue weighted by Gasteiger charge is 2.27. The SMILES string of the molecule is Cc1c(Cl)cccc1NC(=O)CN1C(=O)COc2ccc(C=O)cc21. The number of nitrogens with zero attached hydrogens (tertiary/aromatic N) is 1. The van der Waals surface area contributed by atoms with Crippen LogP contribution in [0.25, 0.3) is 0 Å². The zero-order valence-corrected chi connectivity index (χ0v) is 14.2. The first-order chi connectivity index (χ1) is 12.0. The molecule has 1 aliphatic heterocycles. The van der Waals surface area contributed by atoms with E-state index in [1.165, 1.54) is 11.0 Å². The van der Waals surface area contributed by atoms with Crippen LogP contribution in [0.1, 0.15) is 15.9 Å². The first-order valence-corrected chi connectivity index (χ1v) is 7.94. The molecule has 0 bridgehead atoms. The molecular formula is C18H15ClN2O4. The molecule has 0 saturated carbocycles. The van der Waals surface area contributed by atoms with Crippen molar-refractivity contribution in [3.05, 3.63) is 52.5 Å². The van der Waals surface area contributed by atoms with Gasteiger partial charge in [-0.1, -0.05) is 17.7 Å². The van der Waals surface area contributed by atoms with E-state index in [0.29, 0.717) is 34.0 Å². The number of fused-ring (bicyclic) bond motifs is 1. The second kappa shape index (κ2) is 6.94. The van der Waals surface area contributed by atoms with Gasteiger partial charge in [0, 0.05) is 16.3 Å². The average molecular weight is 359 g/mol. The van der Waals surface area contributed by atoms with Gasteiger partial charge in [-0.25, -0.2) is 0 Å². The summed E-state index contributed by atoms with van der Waals surface area (Å²) in [5, 5.41) is 3.29. The van der Waals surface area contributed by atoms with Gasteiger partial charge < -0.3 is 10.1 Å². The number of hydrogen-bond donors (Lipinski definition) is 1. The van der Waals surface area contributed by atoms with Crippen LogP contribution in [0.15, 0.2) is 36.4 Å². The third kappa shape index (κ3) is 3.49. The number of carbonyl (C=O) groups excluding carboxylic acids is 3. The third-order valence-electron chi connectivity index (χ3n) is 3.91. The Kier molecular flexibility index (Phi) is 4.72. The lowest BCUT2D eigenvalue weighted by Crippen LogP contribution is -2.43. The second-order valence-corrected chi connectivity index (χ2v) is 5.98. The highest BCUT2D eigenvalue weighted by atomic mass is 35.5. The van der Waals surface area contributed by atoms with Gasteiger partial charge in [-0.05, 0) is 42.8 Å². The Morgan fingerprint density at radius 2 is 2.16 bits per heavy atom. The van der Waals surface area contributed by atoms with Crippen LogP contribution in [0, 0.1) is 6.92 Å². The van der Waals surface area contributed by atoms with Crippen molar-refractivity contribution in [2.45, 2.75) is 6.92 Å². The number of amides is 2. The minimum Gasteiger partial charge on any atom is -0.482 e. The van der Waals surface area contributed by atoms with Crippen molar-refractivity contribution in [1.82, 2.24) is 0 Å². The Balaban J connectivity index is 1.82. The average Bonchev–Trinajstić information content (AvgIpc) is 2.61. The molecule has 0 unspecified atom stereocenters. The molecule has 2 aromatic carbocycles. The molecule has 0 atom stereocenters. The number of anilines is 2. The van der Waals surface area contributed by atoms with Crippen LogP contribution in [0.3, 0.4) is 0 Å². The van der Waals surface area contributed by atoms with Crippen molar-refractivity contribution in [2.24, 2.45) is 0 Å². The minimum absolute atomic E-state index is 0.156. The minimum atomic E-state index is -0.372. The van der Waals surface area contributed by atoms with Gasteiger partial charge in [-0.3, -0.25) is 19.3 Å². The van der Waals surface area contributed by atoms with Crippen LogP contribution in [-0.4, -0.2) is 31.3 Å². The van der Waals surface area contributed by atoms with Gasteiger partial charge in [-0.2, -0.15) is 0 Å². The van der Waals surface area contributed by atoms with E-state index in [4.69, 9.17) is 16.3 Å². The molecule has 0 aliphatic carbocycles. The molecule has 6 nitrogen and oxygen atoms in total. The van der Waals surface area contributed by atoms with E-state index in [0.717, 1.165) is 5.56 Å². The number of aldehydes is 1. The van der Waals surface area contributed by atoms with Crippen LogP contribution < -0.4 is 15.0 Å². The van der Waals surface area contributed by atoms with E-state index in [1.807, 2.05) is 0 Å². The van der Waals surface area contributed by atoms with Gasteiger partial charge in [0.05, 0.1) is 5.69 Å². The van der Waals surface area contributed by atoms with Crippen molar-refractivity contribution in [1.29, 1.82) is 0 Å². The Morgan fingerprint density at radius 3 is 2.92 bits per heavy atom. The lowest BCUT2D eigenvalue weighted by molar-refractivity contribution is -0.123. The predicted molar refractivity (Wildman–Crippen MR) is 94.5 cm³/mol. The van der Waals surface area contributed by atoms with E-state index in [9.17, 15) is 14.4 Å². The highest BCUT2D eigenvalue weighted by molar-refractivity contribution is 6.31. The molecule has 1 N–H and O–H groups in total. The summed E-state index contributed by atoms with van der Waals surface area (Å²) in [6.07, 6.45) is 0.674. The van der Waals surface area contributed by atoms with E-state index in [2.05, 4.69) is 5.32 Å². The van der Waals surface area contributed by atoms with E-state index < -0.39 is 0 Å². The molecule has 2 aromatic rings. The normalized spacial score (nSPS) is 13.0. The summed E-state index contributed by atoms with van der Waals surface area (Å²) in [6, 6.07) is 9.93. The molecule has 0 aromatic heterocycles. The summed E-state index contributed by atoms with van der Waals surface area (Å²) >= 11 is 6.05. The summed E-state index contributed by atoms with van der Waals surface area (Å²) in [5.74, 6) is -0.270. The number of carbonyl (C=O) groups is 3. The summed E-state index contributed by atoms with van der Waals surface area (Å²) in [7, 11) is 0. The summed E-state index contributed by atoms with van der Waals surface area (Å²) in [5.41, 5.74) is 2.13. The van der Waals surface area contributed by atoms with Crippen molar-refractivity contribution in [3.8, 4) is 5.75 Å². The molecule has 1 aliphatic rings. The fourth-order valence-corrected chi connectivity index (χ4v) is 2.72. The Hall–Kier alpha value is -2.86. The molecule has 1 heterocycles. The summed E-state index contributed by atoms with van der Waals surface area (Å²) < 4.78 is 5.34. The Morgan fingerprint density at radius 1 is 1.36 bits per heavy atom. The topological polar surface area (TPSA) is 75.7 Å². The molecule has 0 saturated heterocycles. The van der Waals surface area contributed by atoms with Crippen molar-refractivity contribution < 1.29 is 19.1 Å². The number of hydrogen-bond acceptors (Lipinski definition) is 4. The van der Waals surface area contributed by atoms with Crippen molar-refractivity contribution >= 4 is 41.1 Å². The standard InChI is InChI=1S/C18H15ClN2O4/c1-11-13(19)3-2-4-14(11)20-17(23)8-21-15-7-12(9-22)5-6-16(15)25-10-18(21)24/h2-7,9H,8,10H2,1H3,(H,20,23). The van der Waals surface area contributed by atoms with E-state index in [-0.39, 0.29) is 25.0 Å². The van der Waals surface area contributed by atoms with Gasteiger partial charge in [0.1, 0.15) is 18.6 Å².